The Morgan fingerprint density at radius 3 is 2.47 bits per heavy atom. The summed E-state index contributed by atoms with van der Waals surface area (Å²) >= 11 is 0. The van der Waals surface area contributed by atoms with E-state index < -0.39 is 0 Å². The Bertz CT molecular complexity index is 1070. The maximum absolute atomic E-state index is 13.2. The Hall–Kier alpha value is -3.41. The number of benzene rings is 2. The minimum absolute atomic E-state index is 0.0308. The molecule has 0 bridgehead atoms. The first kappa shape index (κ1) is 19.9. The zero-order valence-electron chi connectivity index (χ0n) is 17.3. The zero-order valence-corrected chi connectivity index (χ0v) is 17.3. The summed E-state index contributed by atoms with van der Waals surface area (Å²) in [6.45, 7) is 5.16. The highest BCUT2D eigenvalue weighted by Crippen LogP contribution is 2.23. The van der Waals surface area contributed by atoms with Crippen LogP contribution in [-0.4, -0.2) is 41.0 Å². The van der Waals surface area contributed by atoms with Crippen molar-refractivity contribution in [2.45, 2.75) is 32.7 Å². The summed E-state index contributed by atoms with van der Waals surface area (Å²) in [7, 11) is 0. The number of amides is 3. The van der Waals surface area contributed by atoms with E-state index in [0.717, 1.165) is 40.7 Å². The van der Waals surface area contributed by atoms with Gasteiger partial charge in [0.15, 0.2) is 0 Å². The molecule has 2 aromatic carbocycles. The first-order valence-electron chi connectivity index (χ1n) is 10.3. The van der Waals surface area contributed by atoms with Crippen LogP contribution in [0.1, 0.15) is 34.5 Å². The molecule has 4 rings (SSSR count). The van der Waals surface area contributed by atoms with Crippen molar-refractivity contribution in [3.63, 3.8) is 0 Å². The molecule has 6 nitrogen and oxygen atoms in total. The Morgan fingerprint density at radius 1 is 1.00 bits per heavy atom. The van der Waals surface area contributed by atoms with Gasteiger partial charge in [-0.1, -0.05) is 29.8 Å². The molecule has 0 atom stereocenters. The maximum Gasteiger partial charge on any atom is 0.319 e. The molecule has 1 aliphatic heterocycles. The number of hydrogen-bond acceptors (Lipinski definition) is 3. The number of likely N-dealkylation sites (tertiary alicyclic amines) is 1. The number of pyridine rings is 1. The number of anilines is 1. The van der Waals surface area contributed by atoms with E-state index in [2.05, 4.69) is 15.6 Å². The number of carbonyl (C=O) groups excluding carboxylic acids is 2. The van der Waals surface area contributed by atoms with Gasteiger partial charge in [0.1, 0.15) is 0 Å². The van der Waals surface area contributed by atoms with Gasteiger partial charge >= 0.3 is 6.03 Å². The number of fused-ring (bicyclic) bond motifs is 1. The standard InChI is InChI=1S/C24H26N4O2/c1-16-8-9-22-20(14-16)21(15-17(2)25-22)23(29)28-12-10-19(11-13-28)27-24(30)26-18-6-4-3-5-7-18/h3-9,14-15,19H,10-13H2,1-2H3,(H2,26,27,30). The van der Waals surface area contributed by atoms with Crippen molar-refractivity contribution < 1.29 is 9.59 Å². The van der Waals surface area contributed by atoms with Crippen LogP contribution in [0.5, 0.6) is 0 Å². The van der Waals surface area contributed by atoms with Crippen LogP contribution in [0.4, 0.5) is 10.5 Å². The van der Waals surface area contributed by atoms with Crippen molar-refractivity contribution in [1.29, 1.82) is 0 Å². The van der Waals surface area contributed by atoms with Crippen LogP contribution < -0.4 is 10.6 Å². The van der Waals surface area contributed by atoms with Gasteiger partial charge in [0, 0.05) is 35.9 Å². The van der Waals surface area contributed by atoms with Gasteiger partial charge in [0.25, 0.3) is 5.91 Å². The van der Waals surface area contributed by atoms with Crippen LogP contribution in [0.3, 0.4) is 0 Å². The van der Waals surface area contributed by atoms with Crippen molar-refractivity contribution in [1.82, 2.24) is 15.2 Å². The first-order valence-corrected chi connectivity index (χ1v) is 10.3. The average Bonchev–Trinajstić information content (AvgIpc) is 2.74. The molecule has 1 fully saturated rings. The van der Waals surface area contributed by atoms with E-state index in [1.807, 2.05) is 73.3 Å². The number of urea groups is 1. The van der Waals surface area contributed by atoms with Crippen LogP contribution in [0.2, 0.25) is 0 Å². The molecule has 0 unspecified atom stereocenters. The molecule has 2 heterocycles. The maximum atomic E-state index is 13.2. The molecule has 0 radical (unpaired) electrons. The molecule has 0 spiro atoms. The number of aromatic nitrogens is 1. The fraction of sp³-hybridized carbons (Fsp3) is 0.292. The van der Waals surface area contributed by atoms with E-state index in [1.165, 1.54) is 0 Å². The highest BCUT2D eigenvalue weighted by molar-refractivity contribution is 6.06. The molecule has 3 aromatic rings. The lowest BCUT2D eigenvalue weighted by atomic mass is 10.0. The number of nitrogens with zero attached hydrogens (tertiary/aromatic N) is 2. The molecule has 1 aliphatic rings. The SMILES string of the molecule is Cc1ccc2nc(C)cc(C(=O)N3CCC(NC(=O)Nc4ccccc4)CC3)c2c1. The van der Waals surface area contributed by atoms with Crippen LogP contribution >= 0.6 is 0 Å². The Kier molecular flexibility index (Phi) is 5.65. The van der Waals surface area contributed by atoms with E-state index in [9.17, 15) is 9.59 Å². The van der Waals surface area contributed by atoms with Gasteiger partial charge in [-0.2, -0.15) is 0 Å². The number of para-hydroxylation sites is 1. The van der Waals surface area contributed by atoms with Crippen molar-refractivity contribution in [3.8, 4) is 0 Å². The molecule has 3 amide bonds. The van der Waals surface area contributed by atoms with Crippen molar-refractivity contribution >= 4 is 28.5 Å². The third-order valence-electron chi connectivity index (χ3n) is 5.47. The van der Waals surface area contributed by atoms with E-state index in [-0.39, 0.29) is 18.0 Å². The predicted octanol–water partition coefficient (Wildman–Crippen LogP) is 4.28. The number of carbonyl (C=O) groups is 2. The predicted molar refractivity (Wildman–Crippen MR) is 119 cm³/mol. The van der Waals surface area contributed by atoms with Gasteiger partial charge in [-0.05, 0) is 57.0 Å². The molecular formula is C24H26N4O2. The number of rotatable bonds is 3. The van der Waals surface area contributed by atoms with Gasteiger partial charge in [-0.15, -0.1) is 0 Å². The number of hydrogen-bond donors (Lipinski definition) is 2. The van der Waals surface area contributed by atoms with Crippen molar-refractivity contribution in [3.05, 3.63) is 71.4 Å². The number of aryl methyl sites for hydroxylation is 2. The molecule has 2 N–H and O–H groups in total. The largest absolute Gasteiger partial charge is 0.338 e. The summed E-state index contributed by atoms with van der Waals surface area (Å²) in [5.74, 6) is 0.0308. The summed E-state index contributed by atoms with van der Waals surface area (Å²) in [5.41, 5.74) is 4.25. The van der Waals surface area contributed by atoms with E-state index in [0.29, 0.717) is 18.7 Å². The molecular weight excluding hydrogens is 376 g/mol. The molecule has 6 heteroatoms. The van der Waals surface area contributed by atoms with Gasteiger partial charge in [0.2, 0.25) is 0 Å². The molecule has 0 saturated carbocycles. The minimum Gasteiger partial charge on any atom is -0.338 e. The smallest absolute Gasteiger partial charge is 0.319 e. The van der Waals surface area contributed by atoms with Gasteiger partial charge in [-0.25, -0.2) is 4.79 Å². The third kappa shape index (κ3) is 4.43. The van der Waals surface area contributed by atoms with Crippen LogP contribution in [0.25, 0.3) is 10.9 Å². The topological polar surface area (TPSA) is 74.3 Å². The summed E-state index contributed by atoms with van der Waals surface area (Å²) in [5, 5.41) is 6.75. The Labute approximate surface area is 176 Å². The molecule has 154 valence electrons. The van der Waals surface area contributed by atoms with Crippen LogP contribution in [0, 0.1) is 13.8 Å². The van der Waals surface area contributed by atoms with E-state index in [4.69, 9.17) is 0 Å². The number of piperidine rings is 1. The van der Waals surface area contributed by atoms with E-state index >= 15 is 0 Å². The summed E-state index contributed by atoms with van der Waals surface area (Å²) in [4.78, 5) is 31.9. The van der Waals surface area contributed by atoms with Gasteiger partial charge < -0.3 is 15.5 Å². The van der Waals surface area contributed by atoms with Crippen molar-refractivity contribution in [2.75, 3.05) is 18.4 Å². The quantitative estimate of drug-likeness (QED) is 0.687. The third-order valence-corrected chi connectivity index (χ3v) is 5.47. The second-order valence-corrected chi connectivity index (χ2v) is 7.86. The molecule has 30 heavy (non-hydrogen) atoms. The lowest BCUT2D eigenvalue weighted by Crippen LogP contribution is -2.47. The lowest BCUT2D eigenvalue weighted by molar-refractivity contribution is 0.0710. The minimum atomic E-state index is -0.211. The van der Waals surface area contributed by atoms with Gasteiger partial charge in [-0.3, -0.25) is 9.78 Å². The van der Waals surface area contributed by atoms with Gasteiger partial charge in [0.05, 0.1) is 11.1 Å². The summed E-state index contributed by atoms with van der Waals surface area (Å²) in [6, 6.07) is 17.1. The van der Waals surface area contributed by atoms with Crippen LogP contribution in [-0.2, 0) is 0 Å². The normalized spacial score (nSPS) is 14.5. The van der Waals surface area contributed by atoms with Crippen LogP contribution in [0.15, 0.2) is 54.6 Å². The Morgan fingerprint density at radius 2 is 1.73 bits per heavy atom. The Balaban J connectivity index is 1.40. The summed E-state index contributed by atoms with van der Waals surface area (Å²) in [6.07, 6.45) is 1.46. The fourth-order valence-corrected chi connectivity index (χ4v) is 3.92. The second-order valence-electron chi connectivity index (χ2n) is 7.86. The molecule has 0 aliphatic carbocycles. The highest BCUT2D eigenvalue weighted by atomic mass is 16.2. The first-order chi connectivity index (χ1) is 14.5. The highest BCUT2D eigenvalue weighted by Gasteiger charge is 2.26. The monoisotopic (exact) mass is 402 g/mol. The molecule has 1 aromatic heterocycles. The number of nitrogens with one attached hydrogen (secondary N) is 2. The summed E-state index contributed by atoms with van der Waals surface area (Å²) < 4.78 is 0. The van der Waals surface area contributed by atoms with Crippen molar-refractivity contribution in [2.24, 2.45) is 0 Å². The fourth-order valence-electron chi connectivity index (χ4n) is 3.92. The lowest BCUT2D eigenvalue weighted by Gasteiger charge is -2.32. The van der Waals surface area contributed by atoms with E-state index in [1.54, 1.807) is 0 Å². The zero-order chi connectivity index (χ0) is 21.1. The average molecular weight is 402 g/mol. The second kappa shape index (κ2) is 8.53. The molecule has 1 saturated heterocycles.